The Labute approximate surface area is 176 Å². The summed E-state index contributed by atoms with van der Waals surface area (Å²) in [6.45, 7) is 17.0. The lowest BCUT2D eigenvalue weighted by Gasteiger charge is -2.36. The van der Waals surface area contributed by atoms with Gasteiger partial charge in [0.2, 0.25) is 0 Å². The van der Waals surface area contributed by atoms with Gasteiger partial charge in [0, 0.05) is 50.9 Å². The molecule has 1 amide bonds. The largest absolute Gasteiger partial charge is 0.373 e. The van der Waals surface area contributed by atoms with E-state index < -0.39 is 0 Å². The van der Waals surface area contributed by atoms with E-state index in [2.05, 4.69) is 61.9 Å². The lowest BCUT2D eigenvalue weighted by Crippen LogP contribution is -2.47. The third-order valence-electron chi connectivity index (χ3n) is 5.97. The number of hydrogen-bond acceptors (Lipinski definition) is 4. The molecule has 5 unspecified atom stereocenters. The number of carbonyl (C=O) groups is 1. The smallest absolute Gasteiger partial charge is 0.251 e. The maximum Gasteiger partial charge on any atom is 0.251 e. The average molecular weight is 402 g/mol. The Balaban J connectivity index is 1.48. The lowest BCUT2D eigenvalue weighted by atomic mass is 9.92. The van der Waals surface area contributed by atoms with Crippen LogP contribution in [0.4, 0.5) is 0 Å². The van der Waals surface area contributed by atoms with E-state index in [-0.39, 0.29) is 24.2 Å². The summed E-state index contributed by atoms with van der Waals surface area (Å²) in [6.07, 6.45) is 1.86. The third kappa shape index (κ3) is 6.80. The highest BCUT2D eigenvalue weighted by Gasteiger charge is 2.24. The topological polar surface area (TPSA) is 44.8 Å². The number of amides is 1. The summed E-state index contributed by atoms with van der Waals surface area (Å²) in [5.74, 6) is 1.51. The van der Waals surface area contributed by atoms with Crippen LogP contribution in [0.3, 0.4) is 0 Å². The summed E-state index contributed by atoms with van der Waals surface area (Å²) in [5.41, 5.74) is 1.98. The fourth-order valence-electron chi connectivity index (χ4n) is 5.11. The molecule has 2 aliphatic heterocycles. The molecule has 0 bridgehead atoms. The van der Waals surface area contributed by atoms with Gasteiger partial charge in [-0.2, -0.15) is 0 Å². The van der Waals surface area contributed by atoms with Crippen LogP contribution in [0.1, 0.15) is 57.0 Å². The summed E-state index contributed by atoms with van der Waals surface area (Å²) >= 11 is 0. The molecule has 1 N–H and O–H groups in total. The van der Waals surface area contributed by atoms with Crippen molar-refractivity contribution in [2.24, 2.45) is 11.8 Å². The minimum Gasteiger partial charge on any atom is -0.373 e. The second kappa shape index (κ2) is 10.1. The van der Waals surface area contributed by atoms with E-state index in [0.29, 0.717) is 0 Å². The number of morpholine rings is 1. The number of benzene rings is 1. The van der Waals surface area contributed by atoms with Crippen LogP contribution in [0.15, 0.2) is 24.3 Å². The first-order valence-corrected chi connectivity index (χ1v) is 11.3. The van der Waals surface area contributed by atoms with Crippen molar-refractivity contribution in [2.75, 3.05) is 32.7 Å². The van der Waals surface area contributed by atoms with Crippen molar-refractivity contribution in [3.8, 4) is 0 Å². The Hall–Kier alpha value is -1.43. The number of carbonyl (C=O) groups excluding carboxylic acids is 1. The molecular weight excluding hydrogens is 362 g/mol. The molecule has 1 aromatic carbocycles. The molecule has 2 saturated heterocycles. The van der Waals surface area contributed by atoms with Gasteiger partial charge >= 0.3 is 0 Å². The van der Waals surface area contributed by atoms with Crippen molar-refractivity contribution >= 4 is 5.91 Å². The quantitative estimate of drug-likeness (QED) is 0.794. The molecule has 2 aliphatic rings. The first-order valence-electron chi connectivity index (χ1n) is 11.3. The van der Waals surface area contributed by atoms with Crippen LogP contribution in [-0.2, 0) is 11.3 Å². The molecule has 2 heterocycles. The van der Waals surface area contributed by atoms with Gasteiger partial charge in [-0.1, -0.05) is 26.0 Å². The van der Waals surface area contributed by atoms with Crippen molar-refractivity contribution in [1.29, 1.82) is 0 Å². The first kappa shape index (κ1) is 22.3. The molecule has 3 rings (SSSR count). The highest BCUT2D eigenvalue weighted by molar-refractivity contribution is 5.94. The Morgan fingerprint density at radius 3 is 2.17 bits per heavy atom. The molecule has 0 spiro atoms. The van der Waals surface area contributed by atoms with Crippen LogP contribution >= 0.6 is 0 Å². The van der Waals surface area contributed by atoms with Gasteiger partial charge in [-0.15, -0.1) is 0 Å². The van der Waals surface area contributed by atoms with Gasteiger partial charge in [-0.3, -0.25) is 9.69 Å². The number of nitrogens with zero attached hydrogens (tertiary/aromatic N) is 2. The van der Waals surface area contributed by atoms with Crippen molar-refractivity contribution in [1.82, 2.24) is 15.1 Å². The zero-order chi connectivity index (χ0) is 21.0. The minimum absolute atomic E-state index is 0.0239. The number of rotatable bonds is 6. The highest BCUT2D eigenvalue weighted by atomic mass is 16.5. The van der Waals surface area contributed by atoms with Gasteiger partial charge in [0.15, 0.2) is 0 Å². The molecule has 2 fully saturated rings. The molecule has 162 valence electrons. The van der Waals surface area contributed by atoms with E-state index in [1.54, 1.807) is 0 Å². The number of ether oxygens (including phenoxy) is 1. The summed E-state index contributed by atoms with van der Waals surface area (Å²) < 4.78 is 5.81. The van der Waals surface area contributed by atoms with Gasteiger partial charge in [-0.25, -0.2) is 0 Å². The standard InChI is InChI=1S/C24H39N3O2/c1-17-10-18(2)12-26(11-17)13-19(3)25-24(28)23-8-6-22(7-9-23)16-27-14-20(4)29-21(5)15-27/h6-9,17-21H,10-16H2,1-5H3,(H,25,28). The number of hydrogen-bond donors (Lipinski definition) is 1. The molecular formula is C24H39N3O2. The predicted molar refractivity (Wildman–Crippen MR) is 118 cm³/mol. The molecule has 0 aliphatic carbocycles. The van der Waals surface area contributed by atoms with Crippen LogP contribution in [0.5, 0.6) is 0 Å². The Morgan fingerprint density at radius 2 is 1.59 bits per heavy atom. The van der Waals surface area contributed by atoms with Crippen molar-refractivity contribution in [3.05, 3.63) is 35.4 Å². The van der Waals surface area contributed by atoms with Gasteiger partial charge in [0.1, 0.15) is 0 Å². The molecule has 29 heavy (non-hydrogen) atoms. The van der Waals surface area contributed by atoms with Crippen LogP contribution in [-0.4, -0.2) is 66.7 Å². The highest BCUT2D eigenvalue weighted by Crippen LogP contribution is 2.21. The van der Waals surface area contributed by atoms with Crippen LogP contribution in [0, 0.1) is 11.8 Å². The van der Waals surface area contributed by atoms with E-state index in [1.165, 1.54) is 12.0 Å². The van der Waals surface area contributed by atoms with Crippen LogP contribution in [0.2, 0.25) is 0 Å². The predicted octanol–water partition coefficient (Wildman–Crippen LogP) is 3.39. The molecule has 0 aromatic heterocycles. The van der Waals surface area contributed by atoms with Crippen LogP contribution in [0.25, 0.3) is 0 Å². The lowest BCUT2D eigenvalue weighted by molar-refractivity contribution is -0.0704. The Kier molecular flexibility index (Phi) is 7.72. The molecule has 5 nitrogen and oxygen atoms in total. The first-order chi connectivity index (χ1) is 13.8. The average Bonchev–Trinajstić information content (AvgIpc) is 2.60. The number of likely N-dealkylation sites (tertiary alicyclic amines) is 1. The van der Waals surface area contributed by atoms with Gasteiger partial charge < -0.3 is 15.0 Å². The summed E-state index contributed by atoms with van der Waals surface area (Å²) in [5, 5.41) is 3.18. The van der Waals surface area contributed by atoms with Gasteiger partial charge in [-0.05, 0) is 56.7 Å². The maximum absolute atomic E-state index is 12.7. The molecule has 5 heteroatoms. The maximum atomic E-state index is 12.7. The van der Waals surface area contributed by atoms with E-state index in [1.807, 2.05) is 12.1 Å². The van der Waals surface area contributed by atoms with E-state index in [0.717, 1.165) is 56.7 Å². The fraction of sp³-hybridized carbons (Fsp3) is 0.708. The summed E-state index contributed by atoms with van der Waals surface area (Å²) in [6, 6.07) is 8.22. The van der Waals surface area contributed by atoms with E-state index in [4.69, 9.17) is 4.74 Å². The third-order valence-corrected chi connectivity index (χ3v) is 5.97. The zero-order valence-electron chi connectivity index (χ0n) is 18.9. The van der Waals surface area contributed by atoms with Gasteiger partial charge in [0.05, 0.1) is 12.2 Å². The summed E-state index contributed by atoms with van der Waals surface area (Å²) in [4.78, 5) is 17.6. The minimum atomic E-state index is 0.0239. The second-order valence-corrected chi connectivity index (χ2v) is 9.69. The van der Waals surface area contributed by atoms with Gasteiger partial charge in [0.25, 0.3) is 5.91 Å². The van der Waals surface area contributed by atoms with E-state index in [9.17, 15) is 4.79 Å². The molecule has 0 radical (unpaired) electrons. The second-order valence-electron chi connectivity index (χ2n) is 9.69. The molecule has 5 atom stereocenters. The SMILES string of the molecule is CC1CC(C)CN(CC(C)NC(=O)c2ccc(CN3CC(C)OC(C)C3)cc2)C1. The molecule has 1 aromatic rings. The Morgan fingerprint density at radius 1 is 1.00 bits per heavy atom. The Bertz CT molecular complexity index is 643. The van der Waals surface area contributed by atoms with Crippen molar-refractivity contribution in [2.45, 2.75) is 65.8 Å². The normalized spacial score (nSPS) is 30.1. The monoisotopic (exact) mass is 401 g/mol. The molecule has 0 saturated carbocycles. The van der Waals surface area contributed by atoms with Crippen molar-refractivity contribution in [3.63, 3.8) is 0 Å². The number of piperidine rings is 1. The van der Waals surface area contributed by atoms with Crippen molar-refractivity contribution < 1.29 is 9.53 Å². The zero-order valence-corrected chi connectivity index (χ0v) is 18.9. The number of nitrogens with one attached hydrogen (secondary N) is 1. The van der Waals surface area contributed by atoms with E-state index >= 15 is 0 Å². The summed E-state index contributed by atoms with van der Waals surface area (Å²) in [7, 11) is 0. The fourth-order valence-corrected chi connectivity index (χ4v) is 5.11. The van der Waals surface area contributed by atoms with Crippen LogP contribution < -0.4 is 5.32 Å².